The van der Waals surface area contributed by atoms with Crippen molar-refractivity contribution in [3.63, 3.8) is 0 Å². The minimum absolute atomic E-state index is 0.871. The molecule has 0 aliphatic carbocycles. The molecule has 2 heteroatoms. The molecule has 0 atom stereocenters. The summed E-state index contributed by atoms with van der Waals surface area (Å²) in [6.45, 7) is 4.17. The molecule has 88 valence electrons. The second-order valence-electron chi connectivity index (χ2n) is 4.42. The summed E-state index contributed by atoms with van der Waals surface area (Å²) in [6, 6.07) is 12.6. The highest BCUT2D eigenvalue weighted by Crippen LogP contribution is 2.25. The van der Waals surface area contributed by atoms with E-state index in [2.05, 4.69) is 60.1 Å². The van der Waals surface area contributed by atoms with Crippen LogP contribution < -0.4 is 5.73 Å². The van der Waals surface area contributed by atoms with Crippen molar-refractivity contribution < 1.29 is 0 Å². The van der Waals surface area contributed by atoms with Crippen molar-refractivity contribution in [3.05, 3.63) is 63.1 Å². The number of nitrogen functional groups attached to an aromatic ring is 1. The molecule has 0 radical (unpaired) electrons. The zero-order valence-electron chi connectivity index (χ0n) is 10.1. The van der Waals surface area contributed by atoms with E-state index >= 15 is 0 Å². The first-order chi connectivity index (χ1) is 8.08. The molecule has 0 aromatic heterocycles. The molecular weight excluding hydrogens is 274 g/mol. The fourth-order valence-electron chi connectivity index (χ4n) is 2.06. The van der Waals surface area contributed by atoms with Crippen molar-refractivity contribution in [2.45, 2.75) is 20.3 Å². The van der Waals surface area contributed by atoms with Crippen LogP contribution in [-0.2, 0) is 6.42 Å². The minimum Gasteiger partial charge on any atom is -0.398 e. The summed E-state index contributed by atoms with van der Waals surface area (Å²) in [5.41, 5.74) is 11.9. The molecule has 2 aromatic rings. The van der Waals surface area contributed by atoms with Gasteiger partial charge in [0.05, 0.1) is 0 Å². The van der Waals surface area contributed by atoms with E-state index in [0.717, 1.165) is 22.1 Å². The summed E-state index contributed by atoms with van der Waals surface area (Å²) < 4.78 is 1.14. The van der Waals surface area contributed by atoms with Crippen molar-refractivity contribution in [3.8, 4) is 0 Å². The highest BCUT2D eigenvalue weighted by atomic mass is 79.9. The molecule has 0 aliphatic heterocycles. The number of hydrogen-bond acceptors (Lipinski definition) is 1. The number of aryl methyl sites for hydroxylation is 2. The van der Waals surface area contributed by atoms with Crippen molar-refractivity contribution >= 4 is 21.6 Å². The molecule has 1 nitrogen and oxygen atoms in total. The Bertz CT molecular complexity index is 547. The zero-order chi connectivity index (χ0) is 12.4. The van der Waals surface area contributed by atoms with Gasteiger partial charge in [0, 0.05) is 16.6 Å². The number of benzene rings is 2. The van der Waals surface area contributed by atoms with Gasteiger partial charge in [-0.15, -0.1) is 0 Å². The van der Waals surface area contributed by atoms with Crippen LogP contribution in [0.3, 0.4) is 0 Å². The summed E-state index contributed by atoms with van der Waals surface area (Å²) in [4.78, 5) is 0. The molecule has 0 saturated heterocycles. The van der Waals surface area contributed by atoms with Crippen LogP contribution in [0.5, 0.6) is 0 Å². The Kier molecular flexibility index (Phi) is 3.53. The molecule has 0 aliphatic rings. The van der Waals surface area contributed by atoms with E-state index in [4.69, 9.17) is 5.73 Å². The molecule has 0 unspecified atom stereocenters. The van der Waals surface area contributed by atoms with E-state index < -0.39 is 0 Å². The molecule has 0 spiro atoms. The molecule has 0 fully saturated rings. The number of anilines is 1. The first kappa shape index (κ1) is 12.2. The molecule has 0 saturated carbocycles. The van der Waals surface area contributed by atoms with E-state index in [1.54, 1.807) is 0 Å². The lowest BCUT2D eigenvalue weighted by atomic mass is 9.98. The molecule has 0 heterocycles. The Labute approximate surface area is 111 Å². The lowest BCUT2D eigenvalue weighted by Gasteiger charge is -2.11. The number of hydrogen-bond donors (Lipinski definition) is 1. The van der Waals surface area contributed by atoms with Gasteiger partial charge in [-0.1, -0.05) is 51.8 Å². The van der Waals surface area contributed by atoms with Gasteiger partial charge < -0.3 is 5.73 Å². The van der Waals surface area contributed by atoms with Crippen LogP contribution in [0.1, 0.15) is 22.3 Å². The van der Waals surface area contributed by atoms with Crippen LogP contribution in [-0.4, -0.2) is 0 Å². The summed E-state index contributed by atoms with van der Waals surface area (Å²) >= 11 is 3.57. The standard InChI is InChI=1S/C15H16BrN/c1-10-7-11(2)15(17)13(8-10)9-12-5-3-4-6-14(12)16/h3-8H,9,17H2,1-2H3. The van der Waals surface area contributed by atoms with Crippen molar-refractivity contribution in [2.75, 3.05) is 5.73 Å². The molecule has 2 N–H and O–H groups in total. The fourth-order valence-corrected chi connectivity index (χ4v) is 2.48. The minimum atomic E-state index is 0.871. The number of halogens is 1. The predicted molar refractivity (Wildman–Crippen MR) is 77.3 cm³/mol. The van der Waals surface area contributed by atoms with E-state index in [0.29, 0.717) is 0 Å². The second kappa shape index (κ2) is 4.92. The molecule has 17 heavy (non-hydrogen) atoms. The largest absolute Gasteiger partial charge is 0.398 e. The molecule has 0 bridgehead atoms. The zero-order valence-corrected chi connectivity index (χ0v) is 11.7. The quantitative estimate of drug-likeness (QED) is 0.823. The van der Waals surface area contributed by atoms with Gasteiger partial charge in [-0.05, 0) is 36.6 Å². The van der Waals surface area contributed by atoms with Crippen molar-refractivity contribution in [1.82, 2.24) is 0 Å². The van der Waals surface area contributed by atoms with Gasteiger partial charge in [-0.25, -0.2) is 0 Å². The maximum Gasteiger partial charge on any atom is 0.0379 e. The van der Waals surface area contributed by atoms with Crippen LogP contribution in [0.4, 0.5) is 5.69 Å². The van der Waals surface area contributed by atoms with Crippen LogP contribution >= 0.6 is 15.9 Å². The highest BCUT2D eigenvalue weighted by Gasteiger charge is 2.06. The van der Waals surface area contributed by atoms with Crippen molar-refractivity contribution in [1.29, 1.82) is 0 Å². The second-order valence-corrected chi connectivity index (χ2v) is 5.28. The first-order valence-electron chi connectivity index (χ1n) is 5.67. The predicted octanol–water partition coefficient (Wildman–Crippen LogP) is 4.24. The normalized spacial score (nSPS) is 10.5. The van der Waals surface area contributed by atoms with Crippen LogP contribution in [0.15, 0.2) is 40.9 Å². The summed E-state index contributed by atoms with van der Waals surface area (Å²) in [6.07, 6.45) is 0.871. The SMILES string of the molecule is Cc1cc(C)c(N)c(Cc2ccccc2Br)c1. The van der Waals surface area contributed by atoms with E-state index in [1.807, 2.05) is 6.07 Å². The third-order valence-corrected chi connectivity index (χ3v) is 3.73. The Morgan fingerprint density at radius 1 is 1.06 bits per heavy atom. The summed E-state index contributed by atoms with van der Waals surface area (Å²) in [5.74, 6) is 0. The van der Waals surface area contributed by atoms with Gasteiger partial charge in [0.1, 0.15) is 0 Å². The average molecular weight is 290 g/mol. The third-order valence-electron chi connectivity index (χ3n) is 2.96. The number of rotatable bonds is 2. The average Bonchev–Trinajstić information content (AvgIpc) is 2.28. The third kappa shape index (κ3) is 2.70. The maximum absolute atomic E-state index is 6.13. The van der Waals surface area contributed by atoms with Gasteiger partial charge in [-0.3, -0.25) is 0 Å². The number of nitrogens with two attached hydrogens (primary N) is 1. The Morgan fingerprint density at radius 2 is 1.76 bits per heavy atom. The van der Waals surface area contributed by atoms with Crippen LogP contribution in [0, 0.1) is 13.8 Å². The Morgan fingerprint density at radius 3 is 2.47 bits per heavy atom. The van der Waals surface area contributed by atoms with Crippen molar-refractivity contribution in [2.24, 2.45) is 0 Å². The van der Waals surface area contributed by atoms with Gasteiger partial charge in [0.15, 0.2) is 0 Å². The highest BCUT2D eigenvalue weighted by molar-refractivity contribution is 9.10. The van der Waals surface area contributed by atoms with Gasteiger partial charge in [-0.2, -0.15) is 0 Å². The molecule has 2 aromatic carbocycles. The molecular formula is C15H16BrN. The monoisotopic (exact) mass is 289 g/mol. The van der Waals surface area contributed by atoms with Crippen LogP contribution in [0.25, 0.3) is 0 Å². The fraction of sp³-hybridized carbons (Fsp3) is 0.200. The Hall–Kier alpha value is -1.28. The summed E-state index contributed by atoms with van der Waals surface area (Å²) in [7, 11) is 0. The lowest BCUT2D eigenvalue weighted by molar-refractivity contribution is 1.16. The van der Waals surface area contributed by atoms with E-state index in [-0.39, 0.29) is 0 Å². The van der Waals surface area contributed by atoms with Gasteiger partial charge >= 0.3 is 0 Å². The van der Waals surface area contributed by atoms with E-state index in [1.165, 1.54) is 16.7 Å². The molecule has 0 amide bonds. The molecule has 2 rings (SSSR count). The smallest absolute Gasteiger partial charge is 0.0379 e. The lowest BCUT2D eigenvalue weighted by Crippen LogP contribution is -2.00. The van der Waals surface area contributed by atoms with Gasteiger partial charge in [0.2, 0.25) is 0 Å². The maximum atomic E-state index is 6.13. The topological polar surface area (TPSA) is 26.0 Å². The Balaban J connectivity index is 2.40. The van der Waals surface area contributed by atoms with E-state index in [9.17, 15) is 0 Å². The summed E-state index contributed by atoms with van der Waals surface area (Å²) in [5, 5.41) is 0. The van der Waals surface area contributed by atoms with Gasteiger partial charge in [0.25, 0.3) is 0 Å². The van der Waals surface area contributed by atoms with Crippen LogP contribution in [0.2, 0.25) is 0 Å². The first-order valence-corrected chi connectivity index (χ1v) is 6.46.